The zero-order valence-corrected chi connectivity index (χ0v) is 27.1. The maximum atomic E-state index is 14.4. The number of carbonyl (C=O) groups excluding carboxylic acids is 4. The van der Waals surface area contributed by atoms with Crippen molar-refractivity contribution in [2.24, 2.45) is 52.3 Å². The molecule has 1 spiro atoms. The molecule has 10 nitrogen and oxygen atoms in total. The van der Waals surface area contributed by atoms with E-state index in [9.17, 15) is 34.5 Å². The fourth-order valence-corrected chi connectivity index (χ4v) is 12.0. The van der Waals surface area contributed by atoms with Crippen molar-refractivity contribution in [1.29, 1.82) is 0 Å². The molecular formula is C36H42O10. The number of esters is 3. The summed E-state index contributed by atoms with van der Waals surface area (Å²) in [6.45, 7) is 8.25. The summed E-state index contributed by atoms with van der Waals surface area (Å²) < 4.78 is 17.4. The lowest BCUT2D eigenvalue weighted by atomic mass is 9.42. The Balaban J connectivity index is 1.36. The Bertz CT molecular complexity index is 1680. The van der Waals surface area contributed by atoms with Crippen molar-refractivity contribution in [1.82, 2.24) is 0 Å². The Labute approximate surface area is 267 Å². The van der Waals surface area contributed by atoms with Crippen LogP contribution in [0, 0.1) is 52.3 Å². The van der Waals surface area contributed by atoms with Crippen molar-refractivity contribution in [3.8, 4) is 0 Å². The molecule has 8 rings (SSSR count). The molecule has 246 valence electrons. The molecule has 0 aromatic heterocycles. The summed E-state index contributed by atoms with van der Waals surface area (Å²) in [4.78, 5) is 54.0. The van der Waals surface area contributed by atoms with Crippen molar-refractivity contribution in [2.45, 2.75) is 77.6 Å². The van der Waals surface area contributed by atoms with Crippen LogP contribution >= 0.6 is 0 Å². The summed E-state index contributed by atoms with van der Waals surface area (Å²) in [5.74, 6) is -3.92. The van der Waals surface area contributed by atoms with Crippen LogP contribution in [0.25, 0.3) is 0 Å². The Kier molecular flexibility index (Phi) is 5.97. The number of hydrogen-bond donors (Lipinski definition) is 3. The van der Waals surface area contributed by atoms with Crippen molar-refractivity contribution in [3.63, 3.8) is 0 Å². The number of Topliss-reactive ketones (excluding diaryl/α,β-unsaturated/α-hetero) is 1. The second-order valence-corrected chi connectivity index (χ2v) is 15.6. The third-order valence-corrected chi connectivity index (χ3v) is 14.3. The van der Waals surface area contributed by atoms with Crippen molar-refractivity contribution in [2.75, 3.05) is 20.3 Å². The molecule has 0 aromatic carbocycles. The Morgan fingerprint density at radius 3 is 2.41 bits per heavy atom. The van der Waals surface area contributed by atoms with Crippen LogP contribution in [0.15, 0.2) is 45.1 Å². The lowest BCUT2D eigenvalue weighted by Gasteiger charge is -2.63. The molecular weight excluding hydrogens is 592 g/mol. The zero-order chi connectivity index (χ0) is 33.0. The van der Waals surface area contributed by atoms with Gasteiger partial charge in [-0.15, -0.1) is 0 Å². The van der Waals surface area contributed by atoms with E-state index in [0.29, 0.717) is 17.6 Å². The van der Waals surface area contributed by atoms with E-state index in [1.165, 1.54) is 14.0 Å². The summed E-state index contributed by atoms with van der Waals surface area (Å²) in [7, 11) is 1.24. The standard InChI is InChI=1S/C36H42O10/c1-7-14(2)30(40)45-13-35(43)22-10-21(22)33(4)23(35)11-20-18(12-37)32(42)46-36(20)24(33)9-17-16-8-19(16)34(5)26(17)27(36)25(28(38)29(34)39)15(3)31(41)44-6/h7,16,19,21-24,27,29,37,39,43H,8-13H2,1-6H3/b14-7+,25-15-/t16-,19-,21-,22+,23-,24+,27+,29+,33+,34+,35-,36+/m1/s1. The highest BCUT2D eigenvalue weighted by molar-refractivity contribution is 6.09. The van der Waals surface area contributed by atoms with Gasteiger partial charge in [-0.2, -0.15) is 0 Å². The summed E-state index contributed by atoms with van der Waals surface area (Å²) >= 11 is 0. The van der Waals surface area contributed by atoms with E-state index in [2.05, 4.69) is 6.92 Å². The zero-order valence-electron chi connectivity index (χ0n) is 27.1. The molecule has 5 fully saturated rings. The van der Waals surface area contributed by atoms with Crippen molar-refractivity contribution in [3.05, 3.63) is 45.1 Å². The van der Waals surface area contributed by atoms with E-state index in [1.807, 2.05) is 6.92 Å². The Morgan fingerprint density at radius 2 is 1.76 bits per heavy atom. The summed E-state index contributed by atoms with van der Waals surface area (Å²) in [5, 5.41) is 34.8. The van der Waals surface area contributed by atoms with Crippen LogP contribution in [0.2, 0.25) is 0 Å². The first-order valence-corrected chi connectivity index (χ1v) is 16.5. The van der Waals surface area contributed by atoms with E-state index in [0.717, 1.165) is 24.0 Å². The van der Waals surface area contributed by atoms with Crippen LogP contribution in [0.1, 0.15) is 60.3 Å². The Hall–Kier alpha value is -3.08. The van der Waals surface area contributed by atoms with Crippen LogP contribution < -0.4 is 0 Å². The lowest BCUT2D eigenvalue weighted by Crippen LogP contribution is -2.67. The molecule has 46 heavy (non-hydrogen) atoms. The molecule has 5 saturated carbocycles. The van der Waals surface area contributed by atoms with Gasteiger partial charge in [0.2, 0.25) is 0 Å². The van der Waals surface area contributed by atoms with Gasteiger partial charge >= 0.3 is 17.9 Å². The second kappa shape index (κ2) is 9.08. The van der Waals surface area contributed by atoms with Gasteiger partial charge in [-0.3, -0.25) is 4.79 Å². The largest absolute Gasteiger partial charge is 0.466 e. The molecule has 10 heteroatoms. The smallest absolute Gasteiger partial charge is 0.337 e. The van der Waals surface area contributed by atoms with Crippen LogP contribution in [0.4, 0.5) is 0 Å². The van der Waals surface area contributed by atoms with Crippen LogP contribution in [-0.2, 0) is 33.4 Å². The van der Waals surface area contributed by atoms with Gasteiger partial charge in [0.25, 0.3) is 0 Å². The lowest BCUT2D eigenvalue weighted by molar-refractivity contribution is -0.191. The van der Waals surface area contributed by atoms with E-state index in [1.54, 1.807) is 19.9 Å². The molecule has 1 heterocycles. The van der Waals surface area contributed by atoms with E-state index in [-0.39, 0.29) is 53.4 Å². The minimum absolute atomic E-state index is 0.0493. The molecule has 0 amide bonds. The number of fused-ring (bicyclic) bond motifs is 7. The molecule has 8 aliphatic rings. The van der Waals surface area contributed by atoms with Gasteiger partial charge in [0, 0.05) is 34.0 Å². The number of methoxy groups -OCH3 is 1. The number of allylic oxidation sites excluding steroid dienone is 2. The number of hydrogen-bond acceptors (Lipinski definition) is 10. The molecule has 0 bridgehead atoms. The first-order chi connectivity index (χ1) is 21.7. The highest BCUT2D eigenvalue weighted by Gasteiger charge is 2.84. The molecule has 3 N–H and O–H groups in total. The molecule has 12 atom stereocenters. The van der Waals surface area contributed by atoms with Crippen molar-refractivity contribution < 1.29 is 48.7 Å². The molecule has 7 aliphatic carbocycles. The number of ether oxygens (including phenoxy) is 3. The molecule has 0 radical (unpaired) electrons. The first kappa shape index (κ1) is 30.3. The quantitative estimate of drug-likeness (QED) is 0.178. The van der Waals surface area contributed by atoms with Gasteiger partial charge < -0.3 is 29.5 Å². The number of ketones is 1. The third kappa shape index (κ3) is 3.15. The second-order valence-electron chi connectivity index (χ2n) is 15.6. The number of carbonyl (C=O) groups is 4. The molecule has 0 saturated heterocycles. The van der Waals surface area contributed by atoms with Gasteiger partial charge in [-0.25, -0.2) is 14.4 Å². The fourth-order valence-electron chi connectivity index (χ4n) is 12.0. The maximum Gasteiger partial charge on any atom is 0.337 e. The van der Waals surface area contributed by atoms with E-state index >= 15 is 0 Å². The highest BCUT2D eigenvalue weighted by atomic mass is 16.6. The minimum Gasteiger partial charge on any atom is -0.466 e. The summed E-state index contributed by atoms with van der Waals surface area (Å²) in [6.07, 6.45) is 2.62. The number of aliphatic hydroxyl groups is 3. The monoisotopic (exact) mass is 634 g/mol. The van der Waals surface area contributed by atoms with Gasteiger partial charge in [0.1, 0.15) is 23.9 Å². The normalized spacial score (nSPS) is 48.5. The first-order valence-electron chi connectivity index (χ1n) is 16.5. The van der Waals surface area contributed by atoms with Crippen LogP contribution in [-0.4, -0.2) is 76.6 Å². The third-order valence-electron chi connectivity index (χ3n) is 14.3. The van der Waals surface area contributed by atoms with Crippen LogP contribution in [0.5, 0.6) is 0 Å². The fraction of sp³-hybridized carbons (Fsp3) is 0.667. The molecule has 0 unspecified atom stereocenters. The average Bonchev–Trinajstić information content (AvgIpc) is 3.95. The van der Waals surface area contributed by atoms with Gasteiger partial charge in [-0.1, -0.05) is 25.5 Å². The molecule has 1 aliphatic heterocycles. The predicted octanol–water partition coefficient (Wildman–Crippen LogP) is 2.51. The van der Waals surface area contributed by atoms with E-state index < -0.39 is 76.2 Å². The van der Waals surface area contributed by atoms with E-state index in [4.69, 9.17) is 14.2 Å². The van der Waals surface area contributed by atoms with Crippen molar-refractivity contribution >= 4 is 23.7 Å². The summed E-state index contributed by atoms with van der Waals surface area (Å²) in [6, 6.07) is 0. The highest BCUT2D eigenvalue weighted by Crippen LogP contribution is 2.83. The number of rotatable bonds is 5. The van der Waals surface area contributed by atoms with Crippen LogP contribution in [0.3, 0.4) is 0 Å². The van der Waals surface area contributed by atoms with Gasteiger partial charge in [-0.05, 0) is 86.7 Å². The Morgan fingerprint density at radius 1 is 1.04 bits per heavy atom. The SMILES string of the molecule is C/C=C(\C)C(=O)OC[C@@]1(O)[C@H]2C[C@H]2[C@]2(C)[C@@H]3CC4=C5[C@H](/C(=C(\C)C(=O)OC)C(=O)[C@H](O)[C@@]5(C)[C@@H]5C[C@H]45)[C@@]34OC(=O)C(CO)=C4C[C@@H]12. The maximum absolute atomic E-state index is 14.4. The predicted molar refractivity (Wildman–Crippen MR) is 160 cm³/mol. The number of aliphatic hydroxyl groups excluding tert-OH is 2. The minimum atomic E-state index is -1.39. The molecule has 0 aromatic rings. The topological polar surface area (TPSA) is 157 Å². The summed E-state index contributed by atoms with van der Waals surface area (Å²) in [5.41, 5.74) is -0.913. The van der Waals surface area contributed by atoms with Gasteiger partial charge in [0.15, 0.2) is 5.78 Å². The van der Waals surface area contributed by atoms with Gasteiger partial charge in [0.05, 0.1) is 25.2 Å². The average molecular weight is 635 g/mol.